The third-order valence-corrected chi connectivity index (χ3v) is 12.6. The number of aliphatic hydroxyl groups is 2. The predicted molar refractivity (Wildman–Crippen MR) is 285 cm³/mol. The Hall–Kier alpha value is -3.58. The van der Waals surface area contributed by atoms with E-state index in [1.54, 1.807) is 0 Å². The van der Waals surface area contributed by atoms with Gasteiger partial charge in [-0.2, -0.15) is 0 Å². The molecule has 408 valence electrons. The van der Waals surface area contributed by atoms with Crippen molar-refractivity contribution in [2.24, 2.45) is 0 Å². The molecule has 1 heterocycles. The molecule has 71 heavy (non-hydrogen) atoms. The number of hydrogen-bond donors (Lipinski definition) is 3. The Morgan fingerprint density at radius 2 is 0.887 bits per heavy atom. The molecule has 6 unspecified atom stereocenters. The fourth-order valence-corrected chi connectivity index (χ4v) is 8.24. The molecule has 1 fully saturated rings. The molecule has 0 aromatic rings. The molecule has 1 aliphatic rings. The Balaban J connectivity index is 2.69. The van der Waals surface area contributed by atoms with Crippen LogP contribution in [0.15, 0.2) is 60.8 Å². The molecule has 0 radical (unpaired) electrons. The Morgan fingerprint density at radius 1 is 0.479 bits per heavy atom. The van der Waals surface area contributed by atoms with Crippen LogP contribution in [0.4, 0.5) is 0 Å². The van der Waals surface area contributed by atoms with Gasteiger partial charge in [0, 0.05) is 19.3 Å². The molecular formula is C59H100O12. The van der Waals surface area contributed by atoms with Crippen molar-refractivity contribution in [2.45, 2.75) is 276 Å². The average molecular weight is 1000 g/mol. The van der Waals surface area contributed by atoms with Gasteiger partial charge in [-0.25, -0.2) is 4.79 Å². The summed E-state index contributed by atoms with van der Waals surface area (Å²) in [7, 11) is 0. The molecule has 0 amide bonds. The molecule has 0 aromatic carbocycles. The Morgan fingerprint density at radius 3 is 1.37 bits per heavy atom. The van der Waals surface area contributed by atoms with E-state index in [1.165, 1.54) is 70.6 Å². The summed E-state index contributed by atoms with van der Waals surface area (Å²) in [5.74, 6) is -3.16. The van der Waals surface area contributed by atoms with E-state index in [9.17, 15) is 34.5 Å². The normalized spacial score (nSPS) is 18.9. The summed E-state index contributed by atoms with van der Waals surface area (Å²) in [5.41, 5.74) is 0. The zero-order valence-corrected chi connectivity index (χ0v) is 44.7. The number of ether oxygens (including phenoxy) is 5. The van der Waals surface area contributed by atoms with Gasteiger partial charge in [0.1, 0.15) is 18.8 Å². The molecular weight excluding hydrogens is 901 g/mol. The molecule has 6 atom stereocenters. The second kappa shape index (κ2) is 47.4. The third-order valence-electron chi connectivity index (χ3n) is 12.6. The van der Waals surface area contributed by atoms with Gasteiger partial charge in [-0.05, 0) is 83.5 Å². The zero-order chi connectivity index (χ0) is 51.8. The molecule has 0 aromatic heterocycles. The molecule has 0 aliphatic carbocycles. The molecule has 0 spiro atoms. The lowest BCUT2D eigenvalue weighted by Crippen LogP contribution is -2.61. The van der Waals surface area contributed by atoms with Crippen molar-refractivity contribution >= 4 is 23.9 Å². The Labute approximate surface area is 430 Å². The molecule has 1 saturated heterocycles. The minimum Gasteiger partial charge on any atom is -0.479 e. The molecule has 1 aliphatic heterocycles. The van der Waals surface area contributed by atoms with Gasteiger partial charge in [-0.1, -0.05) is 197 Å². The van der Waals surface area contributed by atoms with E-state index in [0.717, 1.165) is 109 Å². The summed E-state index contributed by atoms with van der Waals surface area (Å²) >= 11 is 0. The zero-order valence-electron chi connectivity index (χ0n) is 44.7. The van der Waals surface area contributed by atoms with Crippen LogP contribution >= 0.6 is 0 Å². The number of unbranched alkanes of at least 4 members (excludes halogenated alkanes) is 23. The van der Waals surface area contributed by atoms with E-state index in [2.05, 4.69) is 81.5 Å². The Kier molecular flexibility index (Phi) is 43.7. The van der Waals surface area contributed by atoms with E-state index in [1.807, 2.05) is 0 Å². The number of aliphatic hydroxyl groups excluding tert-OH is 2. The second-order valence-electron chi connectivity index (χ2n) is 19.2. The number of carboxylic acid groups (broad SMARTS) is 1. The standard InChI is InChI=1S/C59H100O12/c1-4-7-10-13-16-19-21-23-25-26-28-30-32-35-38-41-44-47-53(62)70-57-55(64)54(63)56(58(65)66)71-59(57)68-49-50(69-52(61)46-43-40-37-33-18-15-12-9-6-3)48-67-51(60)45-42-39-36-34-31-29-27-24-22-20-17-14-11-8-5-2/h7,10,16,19,23-25,27-28,30,50,54-57,59,63-64H,4-6,8-9,11-15,17-18,20-22,26,29,31-49H2,1-3H3,(H,65,66)/b10-7-,19-16-,25-23-,27-24-,30-28-. The number of hydrogen-bond acceptors (Lipinski definition) is 11. The highest BCUT2D eigenvalue weighted by Gasteiger charge is 2.50. The van der Waals surface area contributed by atoms with Crippen LogP contribution in [-0.2, 0) is 42.9 Å². The van der Waals surface area contributed by atoms with Gasteiger partial charge in [-0.15, -0.1) is 0 Å². The van der Waals surface area contributed by atoms with Crippen LogP contribution in [0.1, 0.15) is 239 Å². The van der Waals surface area contributed by atoms with Gasteiger partial charge in [0.2, 0.25) is 0 Å². The molecule has 3 N–H and O–H groups in total. The maximum Gasteiger partial charge on any atom is 0.335 e. The average Bonchev–Trinajstić information content (AvgIpc) is 3.35. The van der Waals surface area contributed by atoms with E-state index in [4.69, 9.17) is 23.7 Å². The van der Waals surface area contributed by atoms with Crippen molar-refractivity contribution < 1.29 is 58.2 Å². The van der Waals surface area contributed by atoms with E-state index in [-0.39, 0.29) is 25.9 Å². The molecule has 12 heteroatoms. The lowest BCUT2D eigenvalue weighted by atomic mass is 9.98. The fraction of sp³-hybridized carbons (Fsp3) is 0.763. The number of rotatable bonds is 47. The monoisotopic (exact) mass is 1000 g/mol. The number of aliphatic carboxylic acids is 1. The summed E-state index contributed by atoms with van der Waals surface area (Å²) < 4.78 is 28.3. The summed E-state index contributed by atoms with van der Waals surface area (Å²) in [6.07, 6.45) is 44.9. The van der Waals surface area contributed by atoms with E-state index >= 15 is 0 Å². The first-order chi connectivity index (χ1) is 34.6. The number of esters is 3. The lowest BCUT2D eigenvalue weighted by Gasteiger charge is -2.40. The van der Waals surface area contributed by atoms with Crippen LogP contribution in [0.25, 0.3) is 0 Å². The van der Waals surface area contributed by atoms with Crippen molar-refractivity contribution in [3.63, 3.8) is 0 Å². The minimum absolute atomic E-state index is 0.0319. The minimum atomic E-state index is -1.91. The van der Waals surface area contributed by atoms with E-state index < -0.39 is 67.3 Å². The summed E-state index contributed by atoms with van der Waals surface area (Å²) in [5, 5.41) is 31.4. The van der Waals surface area contributed by atoms with Crippen LogP contribution in [-0.4, -0.2) is 89.2 Å². The maximum atomic E-state index is 13.0. The van der Waals surface area contributed by atoms with Crippen molar-refractivity contribution in [3.05, 3.63) is 60.8 Å². The number of carbonyl (C=O) groups is 4. The topological polar surface area (TPSA) is 175 Å². The number of allylic oxidation sites excluding steroid dienone is 10. The third kappa shape index (κ3) is 37.8. The highest BCUT2D eigenvalue weighted by molar-refractivity contribution is 5.74. The summed E-state index contributed by atoms with van der Waals surface area (Å²) in [6.45, 7) is 5.82. The highest BCUT2D eigenvalue weighted by Crippen LogP contribution is 2.26. The summed E-state index contributed by atoms with van der Waals surface area (Å²) in [4.78, 5) is 50.9. The first-order valence-corrected chi connectivity index (χ1v) is 28.3. The first kappa shape index (κ1) is 65.4. The van der Waals surface area contributed by atoms with Crippen LogP contribution in [0, 0.1) is 0 Å². The van der Waals surface area contributed by atoms with Crippen molar-refractivity contribution in [1.82, 2.24) is 0 Å². The smallest absolute Gasteiger partial charge is 0.335 e. The van der Waals surface area contributed by atoms with Crippen molar-refractivity contribution in [1.29, 1.82) is 0 Å². The predicted octanol–water partition coefficient (Wildman–Crippen LogP) is 14.0. The quantitative estimate of drug-likeness (QED) is 0.0228. The second-order valence-corrected chi connectivity index (χ2v) is 19.2. The van der Waals surface area contributed by atoms with Crippen molar-refractivity contribution in [3.8, 4) is 0 Å². The maximum absolute atomic E-state index is 13.0. The number of carbonyl (C=O) groups excluding carboxylic acids is 3. The summed E-state index contributed by atoms with van der Waals surface area (Å²) in [6, 6.07) is 0. The largest absolute Gasteiger partial charge is 0.479 e. The Bertz CT molecular complexity index is 1470. The van der Waals surface area contributed by atoms with Crippen LogP contribution in [0.3, 0.4) is 0 Å². The van der Waals surface area contributed by atoms with Crippen LogP contribution < -0.4 is 0 Å². The fourth-order valence-electron chi connectivity index (χ4n) is 8.24. The van der Waals surface area contributed by atoms with Gasteiger partial charge < -0.3 is 39.0 Å². The van der Waals surface area contributed by atoms with E-state index in [0.29, 0.717) is 19.3 Å². The molecule has 0 saturated carbocycles. The van der Waals surface area contributed by atoms with Crippen molar-refractivity contribution in [2.75, 3.05) is 13.2 Å². The molecule has 1 rings (SSSR count). The SMILES string of the molecule is CC/C=C\C/C=C\C/C=C\C/C=C\CCCCCCC(=O)OC1C(OCC(COC(=O)CCCCCCC/C=C\CCCCCCCC)OC(=O)CCCCCCCCCCC)OC(C(=O)O)C(O)C1O. The molecule has 12 nitrogen and oxygen atoms in total. The van der Waals surface area contributed by atoms with Gasteiger partial charge >= 0.3 is 23.9 Å². The highest BCUT2D eigenvalue weighted by atomic mass is 16.7. The van der Waals surface area contributed by atoms with Gasteiger partial charge in [0.25, 0.3) is 0 Å². The molecule has 0 bridgehead atoms. The van der Waals surface area contributed by atoms with Crippen LogP contribution in [0.5, 0.6) is 0 Å². The first-order valence-electron chi connectivity index (χ1n) is 28.3. The van der Waals surface area contributed by atoms with Gasteiger partial charge in [0.05, 0.1) is 6.61 Å². The van der Waals surface area contributed by atoms with Crippen LogP contribution in [0.2, 0.25) is 0 Å². The van der Waals surface area contributed by atoms with Gasteiger partial charge in [-0.3, -0.25) is 14.4 Å². The number of carboxylic acids is 1. The lowest BCUT2D eigenvalue weighted by molar-refractivity contribution is -0.301. The van der Waals surface area contributed by atoms with Gasteiger partial charge in [0.15, 0.2) is 24.6 Å².